The largest absolute Gasteiger partial charge is 0.343 e. The zero-order valence-electron chi connectivity index (χ0n) is 14.1. The lowest BCUT2D eigenvalue weighted by molar-refractivity contribution is -0.133. The van der Waals surface area contributed by atoms with Crippen molar-refractivity contribution >= 4 is 24.2 Å². The van der Waals surface area contributed by atoms with Crippen LogP contribution in [0.3, 0.4) is 0 Å². The maximum Gasteiger partial charge on any atom is 0.239 e. The Morgan fingerprint density at radius 1 is 1.21 bits per heavy atom. The summed E-state index contributed by atoms with van der Waals surface area (Å²) in [5, 5.41) is 4.56. The number of nitrogens with two attached hydrogens (primary N) is 1. The molecule has 3 heterocycles. The molecule has 1 aromatic heterocycles. The topological polar surface area (TPSA) is 84.5 Å². The van der Waals surface area contributed by atoms with Gasteiger partial charge in [-0.3, -0.25) is 14.3 Å². The normalized spacial score (nSPS) is 18.1. The van der Waals surface area contributed by atoms with E-state index in [9.17, 15) is 9.59 Å². The van der Waals surface area contributed by atoms with E-state index in [1.54, 1.807) is 11.8 Å². The summed E-state index contributed by atoms with van der Waals surface area (Å²) in [7, 11) is 0. The summed E-state index contributed by atoms with van der Waals surface area (Å²) in [6.45, 7) is 5.38. The standard InChI is InChI=1S/C16H25N5O2.ClH/c1-12(17)16(23)20-8-9-21-14(11-20)10-13(18-21)4-5-15(22)19-6-2-3-7-19;/h10,12H,2-9,11,17H2,1H3;1H/t12-;/m1./s1. The third-order valence-corrected chi connectivity index (χ3v) is 4.60. The predicted octanol–water partition coefficient (Wildman–Crippen LogP) is 0.549. The number of rotatable bonds is 4. The van der Waals surface area contributed by atoms with E-state index >= 15 is 0 Å². The molecule has 2 aliphatic heterocycles. The van der Waals surface area contributed by atoms with E-state index in [1.807, 2.05) is 15.6 Å². The molecule has 0 unspecified atom stereocenters. The van der Waals surface area contributed by atoms with Crippen LogP contribution in [0.4, 0.5) is 0 Å². The third kappa shape index (κ3) is 4.08. The van der Waals surface area contributed by atoms with Gasteiger partial charge in [-0.15, -0.1) is 12.4 Å². The molecule has 3 rings (SSSR count). The zero-order chi connectivity index (χ0) is 16.4. The van der Waals surface area contributed by atoms with Crippen molar-refractivity contribution in [2.45, 2.75) is 51.7 Å². The molecule has 2 N–H and O–H groups in total. The molecular formula is C16H26ClN5O2. The van der Waals surface area contributed by atoms with Crippen LogP contribution in [0.2, 0.25) is 0 Å². The second-order valence-corrected chi connectivity index (χ2v) is 6.49. The number of hydrogen-bond donors (Lipinski definition) is 1. The first kappa shape index (κ1) is 18.7. The average molecular weight is 356 g/mol. The van der Waals surface area contributed by atoms with Crippen molar-refractivity contribution in [2.75, 3.05) is 19.6 Å². The number of halogens is 1. The van der Waals surface area contributed by atoms with Crippen LogP contribution in [0.5, 0.6) is 0 Å². The first-order valence-electron chi connectivity index (χ1n) is 8.42. The van der Waals surface area contributed by atoms with E-state index in [0.29, 0.717) is 32.5 Å². The lowest BCUT2D eigenvalue weighted by Crippen LogP contribution is -2.45. The van der Waals surface area contributed by atoms with Crippen LogP contribution in [0.15, 0.2) is 6.07 Å². The Bertz CT molecular complexity index is 595. The van der Waals surface area contributed by atoms with Crippen molar-refractivity contribution < 1.29 is 9.59 Å². The number of fused-ring (bicyclic) bond motifs is 1. The van der Waals surface area contributed by atoms with E-state index in [1.165, 1.54) is 0 Å². The average Bonchev–Trinajstić information content (AvgIpc) is 3.19. The van der Waals surface area contributed by atoms with E-state index in [4.69, 9.17) is 5.73 Å². The molecule has 2 amide bonds. The number of carbonyl (C=O) groups excluding carboxylic acids is 2. The fourth-order valence-electron chi connectivity index (χ4n) is 3.28. The van der Waals surface area contributed by atoms with Crippen molar-refractivity contribution in [1.29, 1.82) is 0 Å². The second kappa shape index (κ2) is 7.98. The highest BCUT2D eigenvalue weighted by Crippen LogP contribution is 2.16. The molecule has 0 aliphatic carbocycles. The Hall–Kier alpha value is -1.60. The summed E-state index contributed by atoms with van der Waals surface area (Å²) in [4.78, 5) is 27.8. The van der Waals surface area contributed by atoms with Crippen LogP contribution in [-0.2, 0) is 29.1 Å². The summed E-state index contributed by atoms with van der Waals surface area (Å²) in [6.07, 6.45) is 3.41. The van der Waals surface area contributed by atoms with Gasteiger partial charge in [0.15, 0.2) is 0 Å². The van der Waals surface area contributed by atoms with E-state index in [2.05, 4.69) is 5.10 Å². The van der Waals surface area contributed by atoms with Gasteiger partial charge >= 0.3 is 0 Å². The van der Waals surface area contributed by atoms with Crippen LogP contribution in [0, 0.1) is 0 Å². The van der Waals surface area contributed by atoms with Gasteiger partial charge in [-0.2, -0.15) is 5.10 Å². The maximum absolute atomic E-state index is 12.1. The summed E-state index contributed by atoms with van der Waals surface area (Å²) >= 11 is 0. The lowest BCUT2D eigenvalue weighted by Gasteiger charge is -2.28. The number of carbonyl (C=O) groups is 2. The monoisotopic (exact) mass is 355 g/mol. The van der Waals surface area contributed by atoms with Crippen LogP contribution >= 0.6 is 12.4 Å². The maximum atomic E-state index is 12.1. The summed E-state index contributed by atoms with van der Waals surface area (Å²) in [5.41, 5.74) is 7.63. The summed E-state index contributed by atoms with van der Waals surface area (Å²) in [5.74, 6) is 0.199. The van der Waals surface area contributed by atoms with Gasteiger partial charge in [-0.05, 0) is 25.8 Å². The SMILES string of the molecule is C[C@@H](N)C(=O)N1CCn2nc(CCC(=O)N3CCCC3)cc2C1.Cl. The van der Waals surface area contributed by atoms with Crippen LogP contribution in [0.25, 0.3) is 0 Å². The minimum atomic E-state index is -0.470. The van der Waals surface area contributed by atoms with Crippen molar-refractivity contribution in [3.63, 3.8) is 0 Å². The van der Waals surface area contributed by atoms with E-state index in [0.717, 1.165) is 37.3 Å². The van der Waals surface area contributed by atoms with Gasteiger partial charge in [0.2, 0.25) is 11.8 Å². The highest BCUT2D eigenvalue weighted by Gasteiger charge is 2.24. The molecule has 7 nitrogen and oxygen atoms in total. The molecule has 24 heavy (non-hydrogen) atoms. The highest BCUT2D eigenvalue weighted by molar-refractivity contribution is 5.85. The Morgan fingerprint density at radius 3 is 2.58 bits per heavy atom. The van der Waals surface area contributed by atoms with E-state index < -0.39 is 6.04 Å². The summed E-state index contributed by atoms with van der Waals surface area (Å²) < 4.78 is 1.95. The number of nitrogens with zero attached hydrogens (tertiary/aromatic N) is 4. The molecule has 1 aromatic rings. The van der Waals surface area contributed by atoms with Gasteiger partial charge in [-0.25, -0.2) is 0 Å². The molecule has 0 bridgehead atoms. The van der Waals surface area contributed by atoms with Crippen molar-refractivity contribution in [1.82, 2.24) is 19.6 Å². The van der Waals surface area contributed by atoms with Crippen LogP contribution < -0.4 is 5.73 Å². The molecule has 0 radical (unpaired) electrons. The number of aromatic nitrogens is 2. The molecule has 134 valence electrons. The molecule has 1 atom stereocenters. The predicted molar refractivity (Wildman–Crippen MR) is 92.7 cm³/mol. The van der Waals surface area contributed by atoms with Crippen molar-refractivity contribution in [3.8, 4) is 0 Å². The number of amides is 2. The molecule has 0 aromatic carbocycles. The third-order valence-electron chi connectivity index (χ3n) is 4.60. The van der Waals surface area contributed by atoms with Gasteiger partial charge in [0.05, 0.1) is 30.5 Å². The second-order valence-electron chi connectivity index (χ2n) is 6.49. The Morgan fingerprint density at radius 2 is 1.92 bits per heavy atom. The number of aryl methyl sites for hydroxylation is 1. The van der Waals surface area contributed by atoms with Gasteiger partial charge < -0.3 is 15.5 Å². The van der Waals surface area contributed by atoms with Gasteiger partial charge in [0, 0.05) is 32.5 Å². The lowest BCUT2D eigenvalue weighted by atomic mass is 10.2. The van der Waals surface area contributed by atoms with Crippen molar-refractivity contribution in [3.05, 3.63) is 17.5 Å². The van der Waals surface area contributed by atoms with E-state index in [-0.39, 0.29) is 24.2 Å². The number of likely N-dealkylation sites (tertiary alicyclic amines) is 1. The minimum Gasteiger partial charge on any atom is -0.343 e. The first-order valence-corrected chi connectivity index (χ1v) is 8.42. The Balaban J connectivity index is 0.00000208. The fourth-order valence-corrected chi connectivity index (χ4v) is 3.28. The van der Waals surface area contributed by atoms with Gasteiger partial charge in [-0.1, -0.05) is 0 Å². The Kier molecular flexibility index (Phi) is 6.23. The molecule has 1 fully saturated rings. The first-order chi connectivity index (χ1) is 11.0. The summed E-state index contributed by atoms with van der Waals surface area (Å²) in [6, 6.07) is 1.54. The molecular weight excluding hydrogens is 330 g/mol. The molecule has 8 heteroatoms. The Labute approximate surface area is 148 Å². The molecule has 1 saturated heterocycles. The fraction of sp³-hybridized carbons (Fsp3) is 0.688. The number of hydrogen-bond acceptors (Lipinski definition) is 4. The minimum absolute atomic E-state index is 0. The highest BCUT2D eigenvalue weighted by atomic mass is 35.5. The quantitative estimate of drug-likeness (QED) is 0.854. The van der Waals surface area contributed by atoms with Crippen molar-refractivity contribution in [2.24, 2.45) is 5.73 Å². The molecule has 2 aliphatic rings. The van der Waals surface area contributed by atoms with Crippen LogP contribution in [0.1, 0.15) is 37.6 Å². The zero-order valence-corrected chi connectivity index (χ0v) is 14.9. The molecule has 0 spiro atoms. The van der Waals surface area contributed by atoms with Gasteiger partial charge in [0.1, 0.15) is 0 Å². The van der Waals surface area contributed by atoms with Gasteiger partial charge in [0.25, 0.3) is 0 Å². The molecule has 0 saturated carbocycles. The van der Waals surface area contributed by atoms with Crippen LogP contribution in [-0.4, -0.2) is 57.1 Å². The smallest absolute Gasteiger partial charge is 0.239 e.